The average Bonchev–Trinajstić information content (AvgIpc) is 3.49. The first-order valence-electron chi connectivity index (χ1n) is 10.7. The number of allylic oxidation sites excluding steroid dienone is 1. The van der Waals surface area contributed by atoms with Crippen LogP contribution in [0.5, 0.6) is 0 Å². The zero-order valence-electron chi connectivity index (χ0n) is 20.3. The second-order valence-corrected chi connectivity index (χ2v) is 6.62. The number of nitrogens with one attached hydrogen (secondary N) is 1. The number of carbonyl (C=O) groups is 7. The Labute approximate surface area is 198 Å². The van der Waals surface area contributed by atoms with Crippen LogP contribution in [0.1, 0.15) is 59.3 Å². The molecule has 0 aromatic carbocycles. The largest absolute Gasteiger partial charge is 0.476 e. The summed E-state index contributed by atoms with van der Waals surface area (Å²) in [6.45, 7) is 6.35. The van der Waals surface area contributed by atoms with Gasteiger partial charge in [-0.1, -0.05) is 19.9 Å². The van der Waals surface area contributed by atoms with Crippen LogP contribution in [0.25, 0.3) is 0 Å². The van der Waals surface area contributed by atoms with Gasteiger partial charge in [0.05, 0.1) is 14.2 Å². The molecule has 0 aromatic rings. The van der Waals surface area contributed by atoms with Crippen LogP contribution in [0, 0.1) is 0 Å². The lowest BCUT2D eigenvalue weighted by atomic mass is 10.3. The van der Waals surface area contributed by atoms with Crippen LogP contribution in [0.2, 0.25) is 0 Å². The first-order chi connectivity index (χ1) is 16.0. The van der Waals surface area contributed by atoms with Gasteiger partial charge in [0.2, 0.25) is 23.4 Å². The third-order valence-electron chi connectivity index (χ3n) is 4.23. The van der Waals surface area contributed by atoms with Crippen LogP contribution in [-0.4, -0.2) is 78.6 Å². The van der Waals surface area contributed by atoms with Crippen LogP contribution in [0.15, 0.2) is 11.8 Å². The van der Waals surface area contributed by atoms with Crippen molar-refractivity contribution in [1.82, 2.24) is 10.2 Å². The normalized spacial score (nSPS) is 14.1. The number of carbonyl (C=O) groups excluding carboxylic acids is 6. The van der Waals surface area contributed by atoms with Gasteiger partial charge in [-0.05, 0) is 19.8 Å². The summed E-state index contributed by atoms with van der Waals surface area (Å²) in [5.74, 6) is -3.56. The van der Waals surface area contributed by atoms with Gasteiger partial charge in [-0.15, -0.1) is 0 Å². The number of amides is 2. The van der Waals surface area contributed by atoms with Gasteiger partial charge in [-0.3, -0.25) is 19.2 Å². The molecule has 192 valence electrons. The van der Waals surface area contributed by atoms with Crippen LogP contribution >= 0.6 is 0 Å². The number of hydrogen-bond donors (Lipinski definition) is 2. The molecule has 2 fully saturated rings. The Morgan fingerprint density at radius 1 is 0.941 bits per heavy atom. The third-order valence-corrected chi connectivity index (χ3v) is 4.23. The standard InChI is InChI=1S/C9H13NO3.C5H8O3.C4H7NO.C4H6O3/c1-3-7(9(12)13-2)10-6-4-5-8(10)11;1-3-4(6)5(7)8-2;6-4-2-1-3-5-4;1-2-3(5)4(6)7/h3H,4-6H2,1-2H3;3H2,1-2H3;1-3H2,(H,5,6);2H2,1H3,(H,6,7)/b7-3-;;;. The highest BCUT2D eigenvalue weighted by atomic mass is 16.5. The molecule has 2 heterocycles. The smallest absolute Gasteiger partial charge is 0.374 e. The van der Waals surface area contributed by atoms with Gasteiger partial charge in [0, 0.05) is 38.8 Å². The fourth-order valence-electron chi connectivity index (χ4n) is 2.37. The summed E-state index contributed by atoms with van der Waals surface area (Å²) < 4.78 is 8.68. The Balaban J connectivity index is 0. The first kappa shape index (κ1) is 32.6. The Morgan fingerprint density at radius 3 is 1.71 bits per heavy atom. The molecule has 0 saturated carbocycles. The van der Waals surface area contributed by atoms with Gasteiger partial charge < -0.3 is 24.8 Å². The third kappa shape index (κ3) is 13.8. The molecule has 0 bridgehead atoms. The Kier molecular flexibility index (Phi) is 18.2. The molecule has 12 heteroatoms. The van der Waals surface area contributed by atoms with E-state index in [1.807, 2.05) is 0 Å². The molecule has 2 rings (SSSR count). The van der Waals surface area contributed by atoms with Crippen LogP contribution in [0.3, 0.4) is 0 Å². The van der Waals surface area contributed by atoms with Crippen LogP contribution in [0.4, 0.5) is 0 Å². The highest BCUT2D eigenvalue weighted by molar-refractivity contribution is 6.33. The van der Waals surface area contributed by atoms with Gasteiger partial charge >= 0.3 is 17.9 Å². The van der Waals surface area contributed by atoms with E-state index in [0.29, 0.717) is 18.7 Å². The molecule has 0 atom stereocenters. The second kappa shape index (κ2) is 18.9. The number of ketones is 2. The van der Waals surface area contributed by atoms with Gasteiger partial charge in [0.1, 0.15) is 5.70 Å². The number of aliphatic carboxylic acids is 1. The number of hydrogen-bond acceptors (Lipinski definition) is 9. The first-order valence-corrected chi connectivity index (χ1v) is 10.7. The summed E-state index contributed by atoms with van der Waals surface area (Å²) in [5, 5.41) is 10.5. The number of nitrogens with zero attached hydrogens (tertiary/aromatic N) is 1. The van der Waals surface area contributed by atoms with E-state index in [4.69, 9.17) is 5.11 Å². The molecule has 0 aromatic heterocycles. The molecule has 0 spiro atoms. The lowest BCUT2D eigenvalue weighted by molar-refractivity contribution is -0.151. The number of Topliss-reactive ketones (excluding diaryl/α,β-unsaturated/α-hetero) is 2. The van der Waals surface area contributed by atoms with E-state index in [9.17, 15) is 33.6 Å². The maximum atomic E-state index is 11.3. The minimum Gasteiger partial charge on any atom is -0.476 e. The summed E-state index contributed by atoms with van der Waals surface area (Å²) in [5.41, 5.74) is 0.352. The highest BCUT2D eigenvalue weighted by Crippen LogP contribution is 2.16. The van der Waals surface area contributed by atoms with E-state index >= 15 is 0 Å². The van der Waals surface area contributed by atoms with Crippen LogP contribution in [-0.2, 0) is 43.0 Å². The molecule has 0 aliphatic carbocycles. The van der Waals surface area contributed by atoms with E-state index in [1.54, 1.807) is 19.9 Å². The Morgan fingerprint density at radius 2 is 1.50 bits per heavy atom. The lowest BCUT2D eigenvalue weighted by Gasteiger charge is -2.16. The summed E-state index contributed by atoms with van der Waals surface area (Å²) in [7, 11) is 2.50. The second-order valence-electron chi connectivity index (χ2n) is 6.62. The van der Waals surface area contributed by atoms with Crippen LogP contribution < -0.4 is 5.32 Å². The van der Waals surface area contributed by atoms with Gasteiger partial charge in [-0.25, -0.2) is 14.4 Å². The van der Waals surface area contributed by atoms with Crippen molar-refractivity contribution >= 4 is 41.3 Å². The molecular formula is C22H34N2O10. The summed E-state index contributed by atoms with van der Waals surface area (Å²) >= 11 is 0. The quantitative estimate of drug-likeness (QED) is 0.310. The number of carboxylic acid groups (broad SMARTS) is 1. The SMILES string of the molecule is C/C=C(/C(=O)OC)N1CCCC1=O.CCC(=O)C(=O)O.CCC(=O)C(=O)OC.O=C1CCCN1. The fourth-order valence-corrected chi connectivity index (χ4v) is 2.37. The monoisotopic (exact) mass is 486 g/mol. The molecule has 2 aliphatic rings. The molecule has 2 aliphatic heterocycles. The maximum absolute atomic E-state index is 11.3. The Hall–Kier alpha value is -3.57. The minimum atomic E-state index is -1.34. The van der Waals surface area contributed by atoms with Gasteiger partial charge in [0.25, 0.3) is 0 Å². The highest BCUT2D eigenvalue weighted by Gasteiger charge is 2.27. The maximum Gasteiger partial charge on any atom is 0.374 e. The number of likely N-dealkylation sites (tertiary alicyclic amines) is 1. The Bertz CT molecular complexity index is 752. The van der Waals surface area contributed by atoms with Crippen molar-refractivity contribution in [3.63, 3.8) is 0 Å². The predicted octanol–water partition coefficient (Wildman–Crippen LogP) is 0.771. The fraction of sp³-hybridized carbons (Fsp3) is 0.591. The lowest BCUT2D eigenvalue weighted by Crippen LogP contribution is -2.29. The van der Waals surface area contributed by atoms with E-state index < -0.39 is 29.5 Å². The number of rotatable bonds is 6. The van der Waals surface area contributed by atoms with Crippen molar-refractivity contribution in [1.29, 1.82) is 0 Å². The predicted molar refractivity (Wildman–Crippen MR) is 119 cm³/mol. The molecular weight excluding hydrogens is 452 g/mol. The van der Waals surface area contributed by atoms with Gasteiger partial charge in [0.15, 0.2) is 0 Å². The molecule has 2 amide bonds. The topological polar surface area (TPSA) is 173 Å². The van der Waals surface area contributed by atoms with Crippen molar-refractivity contribution in [3.05, 3.63) is 11.8 Å². The van der Waals surface area contributed by atoms with Crippen molar-refractivity contribution in [2.75, 3.05) is 27.3 Å². The van der Waals surface area contributed by atoms with Crippen molar-refractivity contribution in [2.24, 2.45) is 0 Å². The average molecular weight is 487 g/mol. The number of esters is 2. The minimum absolute atomic E-state index is 0.00139. The zero-order chi connectivity index (χ0) is 26.7. The molecule has 0 radical (unpaired) electrons. The van der Waals surface area contributed by atoms with Crippen molar-refractivity contribution in [3.8, 4) is 0 Å². The summed E-state index contributed by atoms with van der Waals surface area (Å²) in [4.78, 5) is 74.0. The number of methoxy groups -OCH3 is 2. The van der Waals surface area contributed by atoms with E-state index in [2.05, 4.69) is 14.8 Å². The van der Waals surface area contributed by atoms with E-state index in [-0.39, 0.29) is 24.7 Å². The molecule has 0 unspecified atom stereocenters. The molecule has 34 heavy (non-hydrogen) atoms. The zero-order valence-corrected chi connectivity index (χ0v) is 20.3. The molecule has 2 N–H and O–H groups in total. The number of carboxylic acids is 1. The van der Waals surface area contributed by atoms with Crippen molar-refractivity contribution < 1.29 is 48.1 Å². The van der Waals surface area contributed by atoms with Crippen molar-refractivity contribution in [2.45, 2.75) is 59.3 Å². The molecule has 12 nitrogen and oxygen atoms in total. The number of ether oxygens (including phenoxy) is 2. The van der Waals surface area contributed by atoms with E-state index in [1.165, 1.54) is 26.0 Å². The molecule has 2 saturated heterocycles. The summed E-state index contributed by atoms with van der Waals surface area (Å²) in [6, 6.07) is 0. The van der Waals surface area contributed by atoms with E-state index in [0.717, 1.165) is 25.8 Å². The summed E-state index contributed by atoms with van der Waals surface area (Å²) in [6.07, 6.45) is 5.00. The van der Waals surface area contributed by atoms with Gasteiger partial charge in [-0.2, -0.15) is 0 Å².